The van der Waals surface area contributed by atoms with Gasteiger partial charge in [0.1, 0.15) is 23.2 Å². The molecule has 0 saturated heterocycles. The van der Waals surface area contributed by atoms with Crippen LogP contribution in [0.1, 0.15) is 31.4 Å². The Bertz CT molecular complexity index is 1060. The zero-order valence-corrected chi connectivity index (χ0v) is 17.4. The minimum atomic E-state index is -1.23. The van der Waals surface area contributed by atoms with E-state index in [1.165, 1.54) is 12.1 Å². The first-order valence-electron chi connectivity index (χ1n) is 10.0. The van der Waals surface area contributed by atoms with Crippen LogP contribution in [0.25, 0.3) is 0 Å². The van der Waals surface area contributed by atoms with Gasteiger partial charge in [0, 0.05) is 18.2 Å². The van der Waals surface area contributed by atoms with E-state index < -0.39 is 23.3 Å². The first-order valence-corrected chi connectivity index (χ1v) is 10.4. The van der Waals surface area contributed by atoms with Crippen molar-refractivity contribution in [2.45, 2.75) is 38.2 Å². The molecule has 4 rings (SSSR count). The van der Waals surface area contributed by atoms with Crippen molar-refractivity contribution in [3.05, 3.63) is 65.2 Å². The van der Waals surface area contributed by atoms with E-state index >= 15 is 0 Å². The van der Waals surface area contributed by atoms with Crippen LogP contribution < -0.4 is 10.1 Å². The van der Waals surface area contributed by atoms with Crippen LogP contribution in [0.15, 0.2) is 48.7 Å². The van der Waals surface area contributed by atoms with Gasteiger partial charge in [0.25, 0.3) is 0 Å². The zero-order valence-electron chi connectivity index (χ0n) is 16.6. The molecule has 1 aliphatic rings. The number of H-pyrrole nitrogens is 1. The monoisotopic (exact) mass is 444 g/mol. The molecule has 7 nitrogen and oxygen atoms in total. The molecule has 0 radical (unpaired) electrons. The van der Waals surface area contributed by atoms with E-state index in [9.17, 15) is 14.3 Å². The number of benzene rings is 1. The largest absolute Gasteiger partial charge is 0.486 e. The Morgan fingerprint density at radius 2 is 2.13 bits per heavy atom. The summed E-state index contributed by atoms with van der Waals surface area (Å²) in [5.41, 5.74) is -0.624. The van der Waals surface area contributed by atoms with Gasteiger partial charge >= 0.3 is 5.97 Å². The molecule has 2 heterocycles. The molecule has 0 amide bonds. The fourth-order valence-corrected chi connectivity index (χ4v) is 4.23. The second-order valence-corrected chi connectivity index (χ2v) is 8.06. The first-order chi connectivity index (χ1) is 15.0. The van der Waals surface area contributed by atoms with Crippen LogP contribution >= 0.6 is 11.6 Å². The second kappa shape index (κ2) is 8.93. The maximum absolute atomic E-state index is 14.4. The fraction of sp³-hybridized carbons (Fsp3) is 0.318. The minimum absolute atomic E-state index is 0.0346. The number of nitrogens with one attached hydrogen (secondary N) is 2. The predicted molar refractivity (Wildman–Crippen MR) is 114 cm³/mol. The topological polar surface area (TPSA) is 100 Å². The third-order valence-electron chi connectivity index (χ3n) is 5.63. The van der Waals surface area contributed by atoms with Crippen molar-refractivity contribution >= 4 is 29.2 Å². The third-order valence-corrected chi connectivity index (χ3v) is 5.93. The van der Waals surface area contributed by atoms with Gasteiger partial charge in [0.05, 0.1) is 11.2 Å². The smallest absolute Gasteiger partial charge is 0.313 e. The van der Waals surface area contributed by atoms with Crippen LogP contribution in [0.2, 0.25) is 5.02 Å². The lowest BCUT2D eigenvalue weighted by Gasteiger charge is -2.40. The molecular weight excluding hydrogens is 423 g/mol. The fourth-order valence-electron chi connectivity index (χ4n) is 4.06. The number of aliphatic carboxylic acids is 1. The van der Waals surface area contributed by atoms with Crippen LogP contribution in [0.3, 0.4) is 0 Å². The molecule has 1 fully saturated rings. The summed E-state index contributed by atoms with van der Waals surface area (Å²) in [5, 5.41) is 20.0. The summed E-state index contributed by atoms with van der Waals surface area (Å²) in [6.07, 6.45) is 3.53. The highest BCUT2D eigenvalue weighted by Crippen LogP contribution is 2.42. The molecule has 9 heteroatoms. The molecule has 2 unspecified atom stereocenters. The molecule has 1 aromatic carbocycles. The van der Waals surface area contributed by atoms with Crippen molar-refractivity contribution in [3.8, 4) is 5.75 Å². The Kier molecular flexibility index (Phi) is 6.08. The summed E-state index contributed by atoms with van der Waals surface area (Å²) in [6.45, 7) is 0. The maximum Gasteiger partial charge on any atom is 0.313 e. The number of halogens is 2. The average Bonchev–Trinajstić information content (AvgIpc) is 3.26. The maximum atomic E-state index is 14.4. The summed E-state index contributed by atoms with van der Waals surface area (Å²) in [5.74, 6) is -0.455. The van der Waals surface area contributed by atoms with Crippen molar-refractivity contribution in [2.24, 2.45) is 5.41 Å². The van der Waals surface area contributed by atoms with E-state index in [2.05, 4.69) is 20.5 Å². The number of hydrogen-bond acceptors (Lipinski definition) is 5. The molecule has 31 heavy (non-hydrogen) atoms. The van der Waals surface area contributed by atoms with Gasteiger partial charge in [-0.05, 0) is 43.5 Å². The Hall–Kier alpha value is -3.13. The molecule has 1 saturated carbocycles. The van der Waals surface area contributed by atoms with Gasteiger partial charge in [-0.3, -0.25) is 9.89 Å². The molecule has 2 atom stereocenters. The predicted octanol–water partition coefficient (Wildman–Crippen LogP) is 4.98. The Balaban J connectivity index is 1.62. The summed E-state index contributed by atoms with van der Waals surface area (Å²) >= 11 is 5.88. The number of anilines is 2. The molecular formula is C22H22ClFN4O3. The summed E-state index contributed by atoms with van der Waals surface area (Å²) in [6, 6.07) is 11.6. The lowest BCUT2D eigenvalue weighted by molar-refractivity contribution is -0.158. The SMILES string of the molecule is O=C(O)C1(Cc2cccc(Nc3ccn[nH]3)n2)CCCCC1Oc1cccc(Cl)c1F. The lowest BCUT2D eigenvalue weighted by Crippen LogP contribution is -2.49. The van der Waals surface area contributed by atoms with Crippen LogP contribution in [-0.4, -0.2) is 32.4 Å². The van der Waals surface area contributed by atoms with E-state index in [4.69, 9.17) is 16.3 Å². The van der Waals surface area contributed by atoms with Gasteiger partial charge in [-0.2, -0.15) is 5.10 Å². The van der Waals surface area contributed by atoms with Crippen LogP contribution in [0, 0.1) is 11.2 Å². The van der Waals surface area contributed by atoms with Gasteiger partial charge in [-0.25, -0.2) is 9.37 Å². The standard InChI is InChI=1S/C22H22ClFN4O3/c23-15-6-4-7-16(20(15)24)31-17-8-1-2-11-22(17,21(29)30)13-14-5-3-9-18(26-14)27-19-10-12-25-28-19/h3-7,9-10,12,17H,1-2,8,11,13H2,(H,29,30)(H2,25,26,27,28). The number of pyridine rings is 1. The molecule has 2 aromatic heterocycles. The van der Waals surface area contributed by atoms with E-state index in [-0.39, 0.29) is 17.2 Å². The molecule has 0 aliphatic heterocycles. The number of aromatic amines is 1. The number of carboxylic acid groups (broad SMARTS) is 1. The number of carboxylic acids is 1. The quantitative estimate of drug-likeness (QED) is 0.475. The van der Waals surface area contributed by atoms with Gasteiger partial charge in [0.15, 0.2) is 11.6 Å². The number of rotatable bonds is 7. The van der Waals surface area contributed by atoms with Crippen molar-refractivity contribution < 1.29 is 19.0 Å². The molecule has 1 aliphatic carbocycles. The average molecular weight is 445 g/mol. The van der Waals surface area contributed by atoms with Gasteiger partial charge in [0.2, 0.25) is 0 Å². The third kappa shape index (κ3) is 4.49. The highest BCUT2D eigenvalue weighted by Gasteiger charge is 2.49. The van der Waals surface area contributed by atoms with E-state index in [0.717, 1.165) is 12.8 Å². The summed E-state index contributed by atoms with van der Waals surface area (Å²) in [4.78, 5) is 17.1. The van der Waals surface area contributed by atoms with Crippen molar-refractivity contribution in [3.63, 3.8) is 0 Å². The van der Waals surface area contributed by atoms with E-state index in [0.29, 0.717) is 30.2 Å². The molecule has 0 spiro atoms. The van der Waals surface area contributed by atoms with Crippen molar-refractivity contribution in [1.29, 1.82) is 0 Å². The minimum Gasteiger partial charge on any atom is -0.486 e. The normalized spacial score (nSPS) is 20.9. The number of nitrogens with zero attached hydrogens (tertiary/aromatic N) is 2. The zero-order chi connectivity index (χ0) is 21.8. The molecule has 3 N–H and O–H groups in total. The second-order valence-electron chi connectivity index (χ2n) is 7.65. The molecule has 3 aromatic rings. The number of aromatic nitrogens is 3. The Morgan fingerprint density at radius 1 is 1.29 bits per heavy atom. The number of ether oxygens (including phenoxy) is 1. The number of carbonyl (C=O) groups is 1. The van der Waals surface area contributed by atoms with Gasteiger partial charge < -0.3 is 15.2 Å². The van der Waals surface area contributed by atoms with Crippen molar-refractivity contribution in [2.75, 3.05) is 5.32 Å². The van der Waals surface area contributed by atoms with E-state index in [1.807, 2.05) is 6.07 Å². The highest BCUT2D eigenvalue weighted by atomic mass is 35.5. The first kappa shape index (κ1) is 21.1. The van der Waals surface area contributed by atoms with Crippen LogP contribution in [0.4, 0.5) is 16.0 Å². The van der Waals surface area contributed by atoms with Crippen LogP contribution in [0.5, 0.6) is 5.75 Å². The summed E-state index contributed by atoms with van der Waals surface area (Å²) < 4.78 is 20.4. The Labute approximate surface area is 183 Å². The molecule has 162 valence electrons. The lowest BCUT2D eigenvalue weighted by atomic mass is 9.68. The Morgan fingerprint density at radius 3 is 2.90 bits per heavy atom. The number of hydrogen-bond donors (Lipinski definition) is 3. The van der Waals surface area contributed by atoms with Gasteiger partial charge in [-0.15, -0.1) is 0 Å². The molecule has 0 bridgehead atoms. The highest BCUT2D eigenvalue weighted by molar-refractivity contribution is 6.30. The summed E-state index contributed by atoms with van der Waals surface area (Å²) in [7, 11) is 0. The van der Waals surface area contributed by atoms with Crippen molar-refractivity contribution in [1.82, 2.24) is 15.2 Å². The van der Waals surface area contributed by atoms with Gasteiger partial charge in [-0.1, -0.05) is 30.2 Å². The van der Waals surface area contributed by atoms with E-state index in [1.54, 1.807) is 30.5 Å². The van der Waals surface area contributed by atoms with Crippen LogP contribution in [-0.2, 0) is 11.2 Å².